The van der Waals surface area contributed by atoms with E-state index in [2.05, 4.69) is 11.2 Å². The Morgan fingerprint density at radius 2 is 2.15 bits per heavy atom. The molecule has 1 aromatic carbocycles. The highest BCUT2D eigenvalue weighted by atomic mass is 35.5. The van der Waals surface area contributed by atoms with Crippen molar-refractivity contribution in [3.8, 4) is 0 Å². The zero-order chi connectivity index (χ0) is 14.1. The maximum Gasteiger partial charge on any atom is 0.222 e. The van der Waals surface area contributed by atoms with Gasteiger partial charge in [-0.3, -0.25) is 4.79 Å². The summed E-state index contributed by atoms with van der Waals surface area (Å²) in [4.78, 5) is 17.0. The SMILES string of the molecule is CCC(=O)N1CCC(c2c[nH]c3ccc(Cl)cc23)CC1. The summed E-state index contributed by atoms with van der Waals surface area (Å²) >= 11 is 6.10. The zero-order valence-electron chi connectivity index (χ0n) is 11.7. The van der Waals surface area contributed by atoms with Gasteiger partial charge in [0.1, 0.15) is 0 Å². The number of H-pyrrole nitrogens is 1. The molecule has 0 aliphatic carbocycles. The van der Waals surface area contributed by atoms with Crippen LogP contribution in [0.3, 0.4) is 0 Å². The highest BCUT2D eigenvalue weighted by molar-refractivity contribution is 6.31. The maximum atomic E-state index is 11.7. The first-order valence-electron chi connectivity index (χ1n) is 7.23. The first-order valence-corrected chi connectivity index (χ1v) is 7.61. The second kappa shape index (κ2) is 5.49. The summed E-state index contributed by atoms with van der Waals surface area (Å²) in [5.41, 5.74) is 2.47. The summed E-state index contributed by atoms with van der Waals surface area (Å²) in [7, 11) is 0. The number of aromatic amines is 1. The zero-order valence-corrected chi connectivity index (χ0v) is 12.4. The van der Waals surface area contributed by atoms with E-state index in [4.69, 9.17) is 11.6 Å². The van der Waals surface area contributed by atoms with Gasteiger partial charge < -0.3 is 9.88 Å². The fourth-order valence-electron chi connectivity index (χ4n) is 3.12. The van der Waals surface area contributed by atoms with E-state index in [1.54, 1.807) is 0 Å². The van der Waals surface area contributed by atoms with Gasteiger partial charge in [-0.1, -0.05) is 18.5 Å². The van der Waals surface area contributed by atoms with Crippen molar-refractivity contribution < 1.29 is 4.79 Å². The predicted octanol–water partition coefficient (Wildman–Crippen LogP) is 3.94. The molecule has 1 saturated heterocycles. The lowest BCUT2D eigenvalue weighted by molar-refractivity contribution is -0.131. The molecule has 2 heterocycles. The fraction of sp³-hybridized carbons (Fsp3) is 0.438. The molecule has 1 fully saturated rings. The quantitative estimate of drug-likeness (QED) is 0.893. The Morgan fingerprint density at radius 1 is 1.40 bits per heavy atom. The smallest absolute Gasteiger partial charge is 0.222 e. The van der Waals surface area contributed by atoms with Crippen molar-refractivity contribution in [2.45, 2.75) is 32.1 Å². The first kappa shape index (κ1) is 13.5. The van der Waals surface area contributed by atoms with Crippen LogP contribution in [0.2, 0.25) is 5.02 Å². The van der Waals surface area contributed by atoms with E-state index in [-0.39, 0.29) is 5.91 Å². The van der Waals surface area contributed by atoms with Crippen LogP contribution in [-0.4, -0.2) is 28.9 Å². The van der Waals surface area contributed by atoms with E-state index in [1.807, 2.05) is 30.0 Å². The van der Waals surface area contributed by atoms with Gasteiger partial charge in [-0.2, -0.15) is 0 Å². The molecule has 0 atom stereocenters. The lowest BCUT2D eigenvalue weighted by Crippen LogP contribution is -2.37. The maximum absolute atomic E-state index is 11.7. The molecule has 20 heavy (non-hydrogen) atoms. The molecule has 3 nitrogen and oxygen atoms in total. The number of carbonyl (C=O) groups is 1. The van der Waals surface area contributed by atoms with Gasteiger partial charge in [0, 0.05) is 41.6 Å². The van der Waals surface area contributed by atoms with E-state index in [9.17, 15) is 4.79 Å². The molecule has 1 aliphatic heterocycles. The lowest BCUT2D eigenvalue weighted by atomic mass is 9.89. The van der Waals surface area contributed by atoms with Gasteiger partial charge in [-0.15, -0.1) is 0 Å². The predicted molar refractivity (Wildman–Crippen MR) is 82.2 cm³/mol. The summed E-state index contributed by atoms with van der Waals surface area (Å²) in [6, 6.07) is 5.97. The second-order valence-electron chi connectivity index (χ2n) is 5.44. The van der Waals surface area contributed by atoms with Gasteiger partial charge in [0.25, 0.3) is 0 Å². The molecule has 4 heteroatoms. The molecule has 0 saturated carbocycles. The van der Waals surface area contributed by atoms with Crippen molar-refractivity contribution >= 4 is 28.4 Å². The number of benzene rings is 1. The highest BCUT2D eigenvalue weighted by Gasteiger charge is 2.24. The minimum atomic E-state index is 0.269. The average molecular weight is 291 g/mol. The van der Waals surface area contributed by atoms with Crippen molar-refractivity contribution in [2.24, 2.45) is 0 Å². The summed E-state index contributed by atoms with van der Waals surface area (Å²) in [6.45, 7) is 3.66. The van der Waals surface area contributed by atoms with Crippen LogP contribution in [0.1, 0.15) is 37.7 Å². The molecule has 0 bridgehead atoms. The van der Waals surface area contributed by atoms with Gasteiger partial charge in [-0.25, -0.2) is 0 Å². The van der Waals surface area contributed by atoms with E-state index in [0.29, 0.717) is 12.3 Å². The molecular weight excluding hydrogens is 272 g/mol. The Hall–Kier alpha value is -1.48. The summed E-state index contributed by atoms with van der Waals surface area (Å²) in [5, 5.41) is 2.00. The van der Waals surface area contributed by atoms with Crippen LogP contribution in [0.25, 0.3) is 10.9 Å². The van der Waals surface area contributed by atoms with Crippen molar-refractivity contribution in [1.82, 2.24) is 9.88 Å². The van der Waals surface area contributed by atoms with E-state index < -0.39 is 0 Å². The standard InChI is InChI=1S/C16H19ClN2O/c1-2-16(20)19-7-5-11(6-8-19)14-10-18-15-4-3-12(17)9-13(14)15/h3-4,9-11,18H,2,5-8H2,1H3. The number of nitrogens with one attached hydrogen (secondary N) is 1. The summed E-state index contributed by atoms with van der Waals surface area (Å²) in [5.74, 6) is 0.786. The molecule has 0 spiro atoms. The molecule has 106 valence electrons. The van der Waals surface area contributed by atoms with Crippen molar-refractivity contribution in [3.63, 3.8) is 0 Å². The van der Waals surface area contributed by atoms with Gasteiger partial charge in [0.15, 0.2) is 0 Å². The number of carbonyl (C=O) groups excluding carboxylic acids is 1. The molecule has 1 aliphatic rings. The fourth-order valence-corrected chi connectivity index (χ4v) is 3.29. The van der Waals surface area contributed by atoms with Gasteiger partial charge in [0.2, 0.25) is 5.91 Å². The molecule has 3 rings (SSSR count). The first-order chi connectivity index (χ1) is 9.69. The van der Waals surface area contributed by atoms with Crippen molar-refractivity contribution in [1.29, 1.82) is 0 Å². The van der Waals surface area contributed by atoms with Crippen LogP contribution >= 0.6 is 11.6 Å². The van der Waals surface area contributed by atoms with Crippen LogP contribution in [0, 0.1) is 0 Å². The minimum Gasteiger partial charge on any atom is -0.361 e. The molecular formula is C16H19ClN2O. The normalized spacial score (nSPS) is 16.8. The number of nitrogens with zero attached hydrogens (tertiary/aromatic N) is 1. The van der Waals surface area contributed by atoms with Crippen LogP contribution in [-0.2, 0) is 4.79 Å². The number of hydrogen-bond acceptors (Lipinski definition) is 1. The summed E-state index contributed by atoms with van der Waals surface area (Å²) in [6.07, 6.45) is 4.77. The molecule has 1 N–H and O–H groups in total. The van der Waals surface area contributed by atoms with Gasteiger partial charge in [-0.05, 0) is 42.5 Å². The lowest BCUT2D eigenvalue weighted by Gasteiger charge is -2.31. The van der Waals surface area contributed by atoms with E-state index in [0.717, 1.165) is 36.5 Å². The number of rotatable bonds is 2. The number of piperidine rings is 1. The third-order valence-electron chi connectivity index (χ3n) is 4.27. The van der Waals surface area contributed by atoms with E-state index >= 15 is 0 Å². The number of likely N-dealkylation sites (tertiary alicyclic amines) is 1. The number of halogens is 1. The molecule has 0 unspecified atom stereocenters. The van der Waals surface area contributed by atoms with E-state index in [1.165, 1.54) is 10.9 Å². The van der Waals surface area contributed by atoms with Crippen molar-refractivity contribution in [3.05, 3.63) is 35.0 Å². The Kier molecular flexibility index (Phi) is 3.70. The number of aromatic nitrogens is 1. The minimum absolute atomic E-state index is 0.269. The van der Waals surface area contributed by atoms with Crippen LogP contribution < -0.4 is 0 Å². The number of fused-ring (bicyclic) bond motifs is 1. The number of hydrogen-bond donors (Lipinski definition) is 1. The van der Waals surface area contributed by atoms with Crippen LogP contribution in [0.5, 0.6) is 0 Å². The van der Waals surface area contributed by atoms with Crippen LogP contribution in [0.15, 0.2) is 24.4 Å². The summed E-state index contributed by atoms with van der Waals surface area (Å²) < 4.78 is 0. The highest BCUT2D eigenvalue weighted by Crippen LogP contribution is 2.34. The molecule has 1 aromatic heterocycles. The van der Waals surface area contributed by atoms with Gasteiger partial charge >= 0.3 is 0 Å². The topological polar surface area (TPSA) is 36.1 Å². The number of amides is 1. The molecule has 0 radical (unpaired) electrons. The van der Waals surface area contributed by atoms with Gasteiger partial charge in [0.05, 0.1) is 0 Å². The Bertz CT molecular complexity index is 626. The van der Waals surface area contributed by atoms with Crippen LogP contribution in [0.4, 0.5) is 0 Å². The third-order valence-corrected chi connectivity index (χ3v) is 4.50. The largest absolute Gasteiger partial charge is 0.361 e. The Morgan fingerprint density at radius 3 is 2.85 bits per heavy atom. The average Bonchev–Trinajstić information content (AvgIpc) is 2.89. The molecule has 2 aromatic rings. The second-order valence-corrected chi connectivity index (χ2v) is 5.88. The monoisotopic (exact) mass is 290 g/mol. The molecule has 1 amide bonds. The third kappa shape index (κ3) is 2.42. The Labute approximate surface area is 123 Å². The van der Waals surface area contributed by atoms with Crippen molar-refractivity contribution in [2.75, 3.05) is 13.1 Å². The Balaban J connectivity index is 1.80.